The minimum Gasteiger partial charge on any atom is -0.468 e. The van der Waals surface area contributed by atoms with Crippen LogP contribution in [0, 0.1) is 19.3 Å². The Bertz CT molecular complexity index is 451. The van der Waals surface area contributed by atoms with Crippen LogP contribution < -0.4 is 5.32 Å². The number of methoxy groups -OCH3 is 1. The number of hydrogen-bond acceptors (Lipinski definition) is 3. The first-order valence-electron chi connectivity index (χ1n) is 5.11. The Balaban J connectivity index is 3.04. The molecule has 0 saturated carbocycles. The van der Waals surface area contributed by atoms with Crippen LogP contribution in [0.5, 0.6) is 0 Å². The molecule has 0 amide bonds. The Labute approximate surface area is 110 Å². The van der Waals surface area contributed by atoms with Crippen LogP contribution in [0.25, 0.3) is 0 Å². The van der Waals surface area contributed by atoms with Crippen LogP contribution in [0.3, 0.4) is 0 Å². The molecule has 1 rings (SSSR count). The van der Waals surface area contributed by atoms with Crippen LogP contribution in [0.1, 0.15) is 17.2 Å². The number of carbonyl (C=O) groups is 1. The van der Waals surface area contributed by atoms with Crippen LogP contribution in [0.4, 0.5) is 0 Å². The zero-order valence-corrected chi connectivity index (χ0v) is 11.4. The molecular formula is C13H14BrNO2. The Morgan fingerprint density at radius 2 is 2.35 bits per heavy atom. The summed E-state index contributed by atoms with van der Waals surface area (Å²) in [4.78, 5) is 11.7. The molecule has 1 aromatic rings. The normalized spacial score (nSPS) is 11.6. The first kappa shape index (κ1) is 13.8. The lowest BCUT2D eigenvalue weighted by molar-refractivity contribution is -0.143. The summed E-state index contributed by atoms with van der Waals surface area (Å²) >= 11 is 3.44. The Hall–Kier alpha value is -1.31. The summed E-state index contributed by atoms with van der Waals surface area (Å²) in [5.41, 5.74) is 1.93. The van der Waals surface area contributed by atoms with Crippen LogP contribution >= 0.6 is 15.9 Å². The van der Waals surface area contributed by atoms with E-state index in [0.717, 1.165) is 15.6 Å². The number of halogens is 1. The molecule has 1 N–H and O–H groups in total. The summed E-state index contributed by atoms with van der Waals surface area (Å²) in [5, 5.41) is 2.96. The zero-order valence-electron chi connectivity index (χ0n) is 9.79. The minimum atomic E-state index is -0.550. The first-order valence-corrected chi connectivity index (χ1v) is 5.90. The lowest BCUT2D eigenvalue weighted by Gasteiger charge is -2.17. The number of esters is 1. The summed E-state index contributed by atoms with van der Waals surface area (Å²) in [6.07, 6.45) is 5.18. The summed E-state index contributed by atoms with van der Waals surface area (Å²) < 4.78 is 5.62. The van der Waals surface area contributed by atoms with Gasteiger partial charge in [0.25, 0.3) is 0 Å². The highest BCUT2D eigenvalue weighted by atomic mass is 79.9. The molecule has 1 unspecified atom stereocenters. The fourth-order valence-corrected chi connectivity index (χ4v) is 2.19. The molecule has 0 spiro atoms. The van der Waals surface area contributed by atoms with Gasteiger partial charge in [-0.3, -0.25) is 5.32 Å². The Morgan fingerprint density at radius 1 is 1.65 bits per heavy atom. The third kappa shape index (κ3) is 3.58. The number of rotatable bonds is 4. The van der Waals surface area contributed by atoms with Gasteiger partial charge in [0.1, 0.15) is 6.04 Å². The van der Waals surface area contributed by atoms with Crippen molar-refractivity contribution in [2.24, 2.45) is 0 Å². The van der Waals surface area contributed by atoms with Crippen molar-refractivity contribution in [2.45, 2.75) is 13.0 Å². The van der Waals surface area contributed by atoms with Crippen molar-refractivity contribution in [1.82, 2.24) is 5.32 Å². The van der Waals surface area contributed by atoms with Crippen molar-refractivity contribution in [2.75, 3.05) is 13.7 Å². The molecule has 0 aliphatic heterocycles. The number of carbonyl (C=O) groups excluding carboxylic acids is 1. The van der Waals surface area contributed by atoms with Crippen molar-refractivity contribution in [3.63, 3.8) is 0 Å². The average molecular weight is 296 g/mol. The van der Waals surface area contributed by atoms with Crippen molar-refractivity contribution >= 4 is 21.9 Å². The number of nitrogens with one attached hydrogen (secondary N) is 1. The molecule has 0 heterocycles. The van der Waals surface area contributed by atoms with Crippen LogP contribution in [0.15, 0.2) is 22.7 Å². The summed E-state index contributed by atoms with van der Waals surface area (Å²) in [6.45, 7) is 2.29. The standard InChI is InChI=1S/C13H14BrNO2/c1-4-7-15-12(13(16)17-3)10-6-5-9(2)8-11(10)14/h1,5-6,8,12,15H,7H2,2-3H3. The Morgan fingerprint density at radius 3 is 2.88 bits per heavy atom. The van der Waals surface area contributed by atoms with Crippen molar-refractivity contribution in [1.29, 1.82) is 0 Å². The van der Waals surface area contributed by atoms with Crippen molar-refractivity contribution in [3.05, 3.63) is 33.8 Å². The number of benzene rings is 1. The van der Waals surface area contributed by atoms with Crippen LogP contribution in [-0.4, -0.2) is 19.6 Å². The average Bonchev–Trinajstić information content (AvgIpc) is 2.31. The van der Waals surface area contributed by atoms with Gasteiger partial charge in [0, 0.05) is 4.47 Å². The van der Waals surface area contributed by atoms with Gasteiger partial charge in [0.15, 0.2) is 0 Å². The van der Waals surface area contributed by atoms with E-state index in [1.165, 1.54) is 7.11 Å². The topological polar surface area (TPSA) is 38.3 Å². The SMILES string of the molecule is C#CCNC(C(=O)OC)c1ccc(C)cc1Br. The van der Waals surface area contributed by atoms with E-state index in [0.29, 0.717) is 6.54 Å². The van der Waals surface area contributed by atoms with Crippen molar-refractivity contribution in [3.8, 4) is 12.3 Å². The van der Waals surface area contributed by atoms with Gasteiger partial charge in [-0.15, -0.1) is 6.42 Å². The number of hydrogen-bond donors (Lipinski definition) is 1. The van der Waals surface area contributed by atoms with E-state index in [2.05, 4.69) is 27.2 Å². The molecule has 0 bridgehead atoms. The fraction of sp³-hybridized carbons (Fsp3) is 0.308. The van der Waals surface area contributed by atoms with Gasteiger partial charge in [0.2, 0.25) is 0 Å². The maximum absolute atomic E-state index is 11.7. The largest absolute Gasteiger partial charge is 0.468 e. The highest BCUT2D eigenvalue weighted by Crippen LogP contribution is 2.25. The summed E-state index contributed by atoms with van der Waals surface area (Å²) in [7, 11) is 1.36. The second-order valence-electron chi connectivity index (χ2n) is 3.57. The van der Waals surface area contributed by atoms with Crippen LogP contribution in [-0.2, 0) is 9.53 Å². The van der Waals surface area contributed by atoms with E-state index in [4.69, 9.17) is 11.2 Å². The molecule has 90 valence electrons. The Kier molecular flexibility index (Phi) is 5.20. The van der Waals surface area contributed by atoms with E-state index >= 15 is 0 Å². The number of terminal acetylenes is 1. The molecule has 1 aromatic carbocycles. The first-order chi connectivity index (χ1) is 8.10. The molecule has 0 aliphatic carbocycles. The molecule has 0 aliphatic rings. The van der Waals surface area contributed by atoms with Gasteiger partial charge in [-0.05, 0) is 24.1 Å². The van der Waals surface area contributed by atoms with Gasteiger partial charge in [-0.25, -0.2) is 4.79 Å². The van der Waals surface area contributed by atoms with Gasteiger partial charge >= 0.3 is 5.97 Å². The van der Waals surface area contributed by atoms with Gasteiger partial charge < -0.3 is 4.74 Å². The second-order valence-corrected chi connectivity index (χ2v) is 4.42. The predicted molar refractivity (Wildman–Crippen MR) is 70.5 cm³/mol. The minimum absolute atomic E-state index is 0.306. The summed E-state index contributed by atoms with van der Waals surface area (Å²) in [5.74, 6) is 2.09. The van der Waals surface area contributed by atoms with Crippen LogP contribution in [0.2, 0.25) is 0 Å². The summed E-state index contributed by atoms with van der Waals surface area (Å²) in [6, 6.07) is 5.21. The maximum atomic E-state index is 11.7. The third-order valence-corrected chi connectivity index (χ3v) is 3.00. The third-order valence-electron chi connectivity index (χ3n) is 2.31. The molecule has 0 saturated heterocycles. The van der Waals surface area contributed by atoms with E-state index in [-0.39, 0.29) is 5.97 Å². The molecule has 0 radical (unpaired) electrons. The van der Waals surface area contributed by atoms with Gasteiger partial charge in [-0.2, -0.15) is 0 Å². The van der Waals surface area contributed by atoms with Gasteiger partial charge in [0.05, 0.1) is 13.7 Å². The van der Waals surface area contributed by atoms with E-state index in [1.54, 1.807) is 0 Å². The molecular weight excluding hydrogens is 282 g/mol. The van der Waals surface area contributed by atoms with E-state index in [1.807, 2.05) is 25.1 Å². The lowest BCUT2D eigenvalue weighted by atomic mass is 10.1. The number of aryl methyl sites for hydroxylation is 1. The molecule has 0 fully saturated rings. The lowest BCUT2D eigenvalue weighted by Crippen LogP contribution is -2.30. The highest BCUT2D eigenvalue weighted by Gasteiger charge is 2.22. The maximum Gasteiger partial charge on any atom is 0.327 e. The fourth-order valence-electron chi connectivity index (χ4n) is 1.47. The molecule has 4 heteroatoms. The second kappa shape index (κ2) is 6.43. The van der Waals surface area contributed by atoms with E-state index < -0.39 is 6.04 Å². The molecule has 1 atom stereocenters. The highest BCUT2D eigenvalue weighted by molar-refractivity contribution is 9.10. The zero-order chi connectivity index (χ0) is 12.8. The predicted octanol–water partition coefficient (Wildman–Crippen LogP) is 2.19. The molecule has 3 nitrogen and oxygen atoms in total. The smallest absolute Gasteiger partial charge is 0.327 e. The van der Waals surface area contributed by atoms with E-state index in [9.17, 15) is 4.79 Å². The molecule has 17 heavy (non-hydrogen) atoms. The monoisotopic (exact) mass is 295 g/mol. The molecule has 0 aromatic heterocycles. The quantitative estimate of drug-likeness (QED) is 0.684. The van der Waals surface area contributed by atoms with Gasteiger partial charge in [-0.1, -0.05) is 34.0 Å². The van der Waals surface area contributed by atoms with Crippen molar-refractivity contribution < 1.29 is 9.53 Å². The number of ether oxygens (including phenoxy) is 1.